The summed E-state index contributed by atoms with van der Waals surface area (Å²) in [5, 5.41) is 1.89. The van der Waals surface area contributed by atoms with Crippen LogP contribution in [-0.4, -0.2) is 61.8 Å². The fourth-order valence-electron chi connectivity index (χ4n) is 3.35. The Morgan fingerprint density at radius 3 is 2.65 bits per heavy atom. The number of thiazole rings is 1. The van der Waals surface area contributed by atoms with Gasteiger partial charge in [-0.1, -0.05) is 40.6 Å². The molecule has 3 aromatic rings. The van der Waals surface area contributed by atoms with Crippen molar-refractivity contribution in [3.63, 3.8) is 0 Å². The largest absolute Gasteiger partial charge is 0.484 e. The third-order valence-electron chi connectivity index (χ3n) is 5.14. The number of aryl methyl sites for hydroxylation is 1. The molecule has 4 rings (SSSR count). The molecule has 1 saturated heterocycles. The third kappa shape index (κ3) is 5.48. The molecule has 0 atom stereocenters. The summed E-state index contributed by atoms with van der Waals surface area (Å²) in [6.07, 6.45) is 0. The number of hydrogen-bond donors (Lipinski definition) is 0. The Balaban J connectivity index is 1.54. The van der Waals surface area contributed by atoms with E-state index in [4.69, 9.17) is 37.7 Å². The number of ether oxygens (including phenoxy) is 2. The van der Waals surface area contributed by atoms with Crippen molar-refractivity contribution >= 4 is 55.8 Å². The van der Waals surface area contributed by atoms with Crippen LogP contribution in [0.15, 0.2) is 36.4 Å². The van der Waals surface area contributed by atoms with Gasteiger partial charge < -0.3 is 9.47 Å². The quantitative estimate of drug-likeness (QED) is 0.493. The molecule has 0 spiro atoms. The van der Waals surface area contributed by atoms with Gasteiger partial charge in [0, 0.05) is 31.2 Å². The number of carbonyl (C=O) groups excluding carboxylic acids is 1. The first-order chi connectivity index (χ1) is 15.0. The first-order valence-corrected chi connectivity index (χ1v) is 11.6. The van der Waals surface area contributed by atoms with Crippen LogP contribution in [0.4, 0.5) is 5.13 Å². The van der Waals surface area contributed by atoms with Gasteiger partial charge in [0.2, 0.25) is 0 Å². The van der Waals surface area contributed by atoms with E-state index in [1.54, 1.807) is 29.2 Å². The van der Waals surface area contributed by atoms with Gasteiger partial charge in [-0.05, 0) is 42.8 Å². The van der Waals surface area contributed by atoms with E-state index < -0.39 is 0 Å². The number of benzene rings is 2. The molecular weight excluding hydrogens is 457 g/mol. The summed E-state index contributed by atoms with van der Waals surface area (Å²) >= 11 is 13.7. The predicted molar refractivity (Wildman–Crippen MR) is 126 cm³/mol. The monoisotopic (exact) mass is 479 g/mol. The van der Waals surface area contributed by atoms with Crippen LogP contribution < -0.4 is 9.64 Å². The maximum Gasteiger partial charge on any atom is 0.266 e. The smallest absolute Gasteiger partial charge is 0.266 e. The maximum atomic E-state index is 13.2. The van der Waals surface area contributed by atoms with Gasteiger partial charge in [0.15, 0.2) is 11.7 Å². The number of anilines is 1. The highest BCUT2D eigenvalue weighted by atomic mass is 35.5. The highest BCUT2D eigenvalue weighted by Crippen LogP contribution is 2.35. The lowest BCUT2D eigenvalue weighted by molar-refractivity contribution is -0.120. The normalized spacial score (nSPS) is 14.7. The van der Waals surface area contributed by atoms with Crippen molar-refractivity contribution in [3.8, 4) is 5.75 Å². The number of aromatic nitrogens is 1. The van der Waals surface area contributed by atoms with Gasteiger partial charge >= 0.3 is 0 Å². The molecule has 9 heteroatoms. The van der Waals surface area contributed by atoms with E-state index in [1.807, 2.05) is 19.1 Å². The Morgan fingerprint density at radius 2 is 1.94 bits per heavy atom. The first-order valence-electron chi connectivity index (χ1n) is 10.1. The lowest BCUT2D eigenvalue weighted by Crippen LogP contribution is -2.44. The third-order valence-corrected chi connectivity index (χ3v) is 6.93. The summed E-state index contributed by atoms with van der Waals surface area (Å²) in [5.74, 6) is 0.435. The number of halogens is 2. The molecule has 1 aliphatic rings. The maximum absolute atomic E-state index is 13.2. The van der Waals surface area contributed by atoms with Crippen molar-refractivity contribution in [3.05, 3.63) is 52.0 Å². The summed E-state index contributed by atoms with van der Waals surface area (Å²) in [6, 6.07) is 10.8. The Bertz CT molecular complexity index is 1010. The van der Waals surface area contributed by atoms with Crippen molar-refractivity contribution in [2.75, 3.05) is 50.9 Å². The fourth-order valence-corrected chi connectivity index (χ4v) is 4.84. The molecule has 0 unspecified atom stereocenters. The molecular formula is C22H23Cl2N3O3S. The van der Waals surface area contributed by atoms with Crippen molar-refractivity contribution < 1.29 is 14.3 Å². The minimum Gasteiger partial charge on any atom is -0.484 e. The second-order valence-electron chi connectivity index (χ2n) is 7.28. The van der Waals surface area contributed by atoms with Gasteiger partial charge in [0.25, 0.3) is 5.91 Å². The van der Waals surface area contributed by atoms with Gasteiger partial charge in [0.05, 0.1) is 28.5 Å². The van der Waals surface area contributed by atoms with E-state index in [0.717, 1.165) is 35.4 Å². The molecule has 2 aromatic carbocycles. The molecule has 0 radical (unpaired) electrons. The molecule has 1 fully saturated rings. The second kappa shape index (κ2) is 10.1. The van der Waals surface area contributed by atoms with E-state index >= 15 is 0 Å². The molecule has 0 aliphatic carbocycles. The average Bonchev–Trinajstić information content (AvgIpc) is 3.23. The Hall–Kier alpha value is -1.90. The van der Waals surface area contributed by atoms with Crippen molar-refractivity contribution in [2.24, 2.45) is 0 Å². The van der Waals surface area contributed by atoms with Crippen LogP contribution in [0, 0.1) is 6.92 Å². The molecule has 1 aliphatic heterocycles. The number of amides is 1. The minimum atomic E-state index is -0.156. The summed E-state index contributed by atoms with van der Waals surface area (Å²) in [7, 11) is 0. The number of carbonyl (C=O) groups is 1. The molecule has 0 bridgehead atoms. The Kier molecular flexibility index (Phi) is 7.30. The van der Waals surface area contributed by atoms with Crippen molar-refractivity contribution in [1.29, 1.82) is 0 Å². The standard InChI is InChI=1S/C22H23Cl2N3O3S/c1-15-2-7-18(24)21-20(15)25-22(31-21)27(9-8-26-10-12-29-13-11-26)19(28)14-30-17-5-3-16(23)4-6-17/h2-7H,8-14H2,1H3. The summed E-state index contributed by atoms with van der Waals surface area (Å²) in [4.78, 5) is 21.9. The Labute approximate surface area is 195 Å². The van der Waals surface area contributed by atoms with Gasteiger partial charge in [0.1, 0.15) is 5.75 Å². The van der Waals surface area contributed by atoms with Crippen LogP contribution in [0.2, 0.25) is 10.0 Å². The lowest BCUT2D eigenvalue weighted by atomic mass is 10.2. The van der Waals surface area contributed by atoms with Gasteiger partial charge in [-0.3, -0.25) is 14.6 Å². The van der Waals surface area contributed by atoms with Crippen LogP contribution in [0.3, 0.4) is 0 Å². The zero-order valence-corrected chi connectivity index (χ0v) is 19.5. The fraction of sp³-hybridized carbons (Fsp3) is 0.364. The van der Waals surface area contributed by atoms with E-state index in [0.29, 0.717) is 40.7 Å². The molecule has 164 valence electrons. The highest BCUT2D eigenvalue weighted by molar-refractivity contribution is 7.23. The molecule has 1 aromatic heterocycles. The van der Waals surface area contributed by atoms with Gasteiger partial charge in [-0.2, -0.15) is 0 Å². The summed E-state index contributed by atoms with van der Waals surface area (Å²) < 4.78 is 12.0. The predicted octanol–water partition coefficient (Wildman–Crippen LogP) is 4.66. The number of fused-ring (bicyclic) bond motifs is 1. The molecule has 0 N–H and O–H groups in total. The average molecular weight is 480 g/mol. The highest BCUT2D eigenvalue weighted by Gasteiger charge is 2.23. The van der Waals surface area contributed by atoms with Crippen LogP contribution >= 0.6 is 34.5 Å². The van der Waals surface area contributed by atoms with E-state index in [2.05, 4.69) is 4.90 Å². The first kappa shape index (κ1) is 22.3. The Morgan fingerprint density at radius 1 is 1.19 bits per heavy atom. The number of nitrogens with zero attached hydrogens (tertiary/aromatic N) is 3. The van der Waals surface area contributed by atoms with Gasteiger partial charge in [-0.25, -0.2) is 4.98 Å². The van der Waals surface area contributed by atoms with Crippen LogP contribution in [0.5, 0.6) is 5.75 Å². The van der Waals surface area contributed by atoms with Crippen LogP contribution in [-0.2, 0) is 9.53 Å². The molecule has 31 heavy (non-hydrogen) atoms. The zero-order valence-electron chi connectivity index (χ0n) is 17.1. The lowest BCUT2D eigenvalue weighted by Gasteiger charge is -2.29. The molecule has 2 heterocycles. The SMILES string of the molecule is Cc1ccc(Cl)c2sc(N(CCN3CCOCC3)C(=O)COc3ccc(Cl)cc3)nc12. The van der Waals surface area contributed by atoms with Crippen molar-refractivity contribution in [2.45, 2.75) is 6.92 Å². The van der Waals surface area contributed by atoms with E-state index in [1.165, 1.54) is 11.3 Å². The van der Waals surface area contributed by atoms with Crippen molar-refractivity contribution in [1.82, 2.24) is 9.88 Å². The minimum absolute atomic E-state index is 0.0899. The zero-order chi connectivity index (χ0) is 21.8. The van der Waals surface area contributed by atoms with Gasteiger partial charge in [-0.15, -0.1) is 0 Å². The second-order valence-corrected chi connectivity index (χ2v) is 9.10. The number of rotatable bonds is 7. The van der Waals surface area contributed by atoms with E-state index in [-0.39, 0.29) is 12.5 Å². The van der Waals surface area contributed by atoms with Crippen LogP contribution in [0.1, 0.15) is 5.56 Å². The topological polar surface area (TPSA) is 54.9 Å². The molecule has 1 amide bonds. The summed E-state index contributed by atoms with van der Waals surface area (Å²) in [6.45, 7) is 6.28. The summed E-state index contributed by atoms with van der Waals surface area (Å²) in [5.41, 5.74) is 1.86. The van der Waals surface area contributed by atoms with E-state index in [9.17, 15) is 4.79 Å². The van der Waals surface area contributed by atoms with Crippen LogP contribution in [0.25, 0.3) is 10.2 Å². The number of morpholine rings is 1. The molecule has 0 saturated carbocycles. The number of hydrogen-bond acceptors (Lipinski definition) is 6. The molecule has 6 nitrogen and oxygen atoms in total.